The summed E-state index contributed by atoms with van der Waals surface area (Å²) in [5.74, 6) is -0.780. The maximum atomic E-state index is 12.6. The number of rotatable bonds is 5. The first-order valence-electron chi connectivity index (χ1n) is 6.22. The molecule has 1 fully saturated rings. The zero-order chi connectivity index (χ0) is 12.9. The summed E-state index contributed by atoms with van der Waals surface area (Å²) < 4.78 is 42.8. The van der Waals surface area contributed by atoms with Crippen molar-refractivity contribution in [1.82, 2.24) is 5.32 Å². The van der Waals surface area contributed by atoms with E-state index >= 15 is 0 Å². The van der Waals surface area contributed by atoms with Crippen LogP contribution in [0.4, 0.5) is 13.2 Å². The lowest BCUT2D eigenvalue weighted by atomic mass is 9.85. The lowest BCUT2D eigenvalue weighted by Gasteiger charge is -2.31. The normalized spacial score (nSPS) is 28.1. The predicted octanol–water partition coefficient (Wildman–Crippen LogP) is 2.98. The topological polar surface area (TPSA) is 21.3 Å². The molecule has 5 heteroatoms. The fourth-order valence-electron chi connectivity index (χ4n) is 2.38. The van der Waals surface area contributed by atoms with Crippen molar-refractivity contribution in [3.63, 3.8) is 0 Å². The van der Waals surface area contributed by atoms with Gasteiger partial charge in [-0.3, -0.25) is 0 Å². The van der Waals surface area contributed by atoms with Gasteiger partial charge in [0, 0.05) is 26.3 Å². The predicted molar refractivity (Wildman–Crippen MR) is 60.8 cm³/mol. The molecule has 0 aromatic rings. The molecule has 0 spiro atoms. The zero-order valence-corrected chi connectivity index (χ0v) is 10.5. The molecular formula is C12H22F3NO. The number of alkyl halides is 3. The lowest BCUT2D eigenvalue weighted by Crippen LogP contribution is -2.40. The average Bonchev–Trinajstić information content (AvgIpc) is 2.26. The molecule has 1 N–H and O–H groups in total. The second kappa shape index (κ2) is 6.59. The smallest absolute Gasteiger partial charge is 0.384 e. The molecule has 1 saturated carbocycles. The van der Waals surface area contributed by atoms with Crippen LogP contribution in [0.25, 0.3) is 0 Å². The van der Waals surface area contributed by atoms with Gasteiger partial charge in [-0.05, 0) is 25.2 Å². The van der Waals surface area contributed by atoms with Gasteiger partial charge in [0.2, 0.25) is 0 Å². The quantitative estimate of drug-likeness (QED) is 0.813. The Morgan fingerprint density at radius 3 is 2.65 bits per heavy atom. The first kappa shape index (κ1) is 14.8. The summed E-state index contributed by atoms with van der Waals surface area (Å²) in [5, 5.41) is 3.23. The highest BCUT2D eigenvalue weighted by atomic mass is 19.4. The van der Waals surface area contributed by atoms with Gasteiger partial charge < -0.3 is 10.1 Å². The molecule has 1 aliphatic rings. The Morgan fingerprint density at radius 1 is 1.35 bits per heavy atom. The molecule has 0 heterocycles. The molecule has 3 atom stereocenters. The van der Waals surface area contributed by atoms with E-state index in [4.69, 9.17) is 4.74 Å². The van der Waals surface area contributed by atoms with E-state index in [9.17, 15) is 13.2 Å². The van der Waals surface area contributed by atoms with Gasteiger partial charge in [0.1, 0.15) is 0 Å². The molecule has 0 bridgehead atoms. The van der Waals surface area contributed by atoms with Crippen LogP contribution in [0.3, 0.4) is 0 Å². The van der Waals surface area contributed by atoms with Crippen LogP contribution in [-0.2, 0) is 4.74 Å². The molecule has 2 nitrogen and oxygen atoms in total. The van der Waals surface area contributed by atoms with Gasteiger partial charge in [-0.25, -0.2) is 0 Å². The number of ether oxygens (including phenoxy) is 1. The van der Waals surface area contributed by atoms with E-state index in [1.54, 1.807) is 7.11 Å². The summed E-state index contributed by atoms with van der Waals surface area (Å²) in [4.78, 5) is 0. The summed E-state index contributed by atoms with van der Waals surface area (Å²) in [5.41, 5.74) is 0. The summed E-state index contributed by atoms with van der Waals surface area (Å²) in [6, 6.07) is 0.00896. The first-order valence-corrected chi connectivity index (χ1v) is 6.22. The first-order chi connectivity index (χ1) is 7.93. The minimum Gasteiger partial charge on any atom is -0.384 e. The molecule has 1 aliphatic carbocycles. The minimum absolute atomic E-state index is 0.00896. The van der Waals surface area contributed by atoms with Gasteiger partial charge in [0.25, 0.3) is 0 Å². The minimum atomic E-state index is -4.03. The van der Waals surface area contributed by atoms with Crippen molar-refractivity contribution in [1.29, 1.82) is 0 Å². The van der Waals surface area contributed by atoms with E-state index in [1.807, 2.05) is 6.92 Å². The molecule has 0 amide bonds. The fourth-order valence-corrected chi connectivity index (χ4v) is 2.38. The van der Waals surface area contributed by atoms with Crippen LogP contribution in [0.5, 0.6) is 0 Å². The van der Waals surface area contributed by atoms with E-state index in [0.717, 1.165) is 13.0 Å². The molecule has 0 saturated heterocycles. The Morgan fingerprint density at radius 2 is 2.06 bits per heavy atom. The SMILES string of the molecule is COCC(C)CNC1CCCC(C(F)(F)F)C1. The van der Waals surface area contributed by atoms with Gasteiger partial charge >= 0.3 is 6.18 Å². The van der Waals surface area contributed by atoms with E-state index in [0.29, 0.717) is 18.9 Å². The second-order valence-electron chi connectivity index (χ2n) is 5.07. The van der Waals surface area contributed by atoms with Gasteiger partial charge in [-0.2, -0.15) is 13.2 Å². The van der Waals surface area contributed by atoms with Gasteiger partial charge in [0.15, 0.2) is 0 Å². The molecule has 0 aromatic carbocycles. The van der Waals surface area contributed by atoms with Crippen LogP contribution in [0.1, 0.15) is 32.6 Å². The highest BCUT2D eigenvalue weighted by Gasteiger charge is 2.41. The number of hydrogen-bond donors (Lipinski definition) is 1. The Bertz CT molecular complexity index is 220. The third kappa shape index (κ3) is 5.25. The zero-order valence-electron chi connectivity index (χ0n) is 10.5. The standard InChI is InChI=1S/C12H22F3NO/c1-9(8-17-2)7-16-11-5-3-4-10(6-11)12(13,14)15/h9-11,16H,3-8H2,1-2H3. The molecule has 3 unspecified atom stereocenters. The van der Waals surface area contributed by atoms with Crippen molar-refractivity contribution in [3.8, 4) is 0 Å². The highest BCUT2D eigenvalue weighted by Crippen LogP contribution is 2.37. The summed E-state index contributed by atoms with van der Waals surface area (Å²) in [7, 11) is 1.64. The monoisotopic (exact) mass is 253 g/mol. The summed E-state index contributed by atoms with van der Waals surface area (Å²) in [6.45, 7) is 3.39. The van der Waals surface area contributed by atoms with Crippen LogP contribution < -0.4 is 5.32 Å². The van der Waals surface area contributed by atoms with Crippen molar-refractivity contribution in [3.05, 3.63) is 0 Å². The highest BCUT2D eigenvalue weighted by molar-refractivity contribution is 4.82. The van der Waals surface area contributed by atoms with E-state index in [-0.39, 0.29) is 18.9 Å². The van der Waals surface area contributed by atoms with Crippen molar-refractivity contribution in [2.24, 2.45) is 11.8 Å². The summed E-state index contributed by atoms with van der Waals surface area (Å²) >= 11 is 0. The number of halogens is 3. The number of nitrogens with one attached hydrogen (secondary N) is 1. The molecule has 1 rings (SSSR count). The summed E-state index contributed by atoms with van der Waals surface area (Å²) in [6.07, 6.45) is -2.00. The Balaban J connectivity index is 2.30. The van der Waals surface area contributed by atoms with Crippen molar-refractivity contribution >= 4 is 0 Å². The lowest BCUT2D eigenvalue weighted by molar-refractivity contribution is -0.183. The molecule has 0 aliphatic heterocycles. The van der Waals surface area contributed by atoms with E-state index in [2.05, 4.69) is 5.32 Å². The van der Waals surface area contributed by atoms with Crippen LogP contribution in [0.15, 0.2) is 0 Å². The van der Waals surface area contributed by atoms with E-state index in [1.165, 1.54) is 0 Å². The third-order valence-corrected chi connectivity index (χ3v) is 3.34. The van der Waals surface area contributed by atoms with E-state index < -0.39 is 12.1 Å². The molecule has 0 aromatic heterocycles. The van der Waals surface area contributed by atoms with Crippen LogP contribution in [0.2, 0.25) is 0 Å². The van der Waals surface area contributed by atoms with Crippen LogP contribution >= 0.6 is 0 Å². The van der Waals surface area contributed by atoms with Crippen molar-refractivity contribution < 1.29 is 17.9 Å². The van der Waals surface area contributed by atoms with Crippen LogP contribution in [-0.4, -0.2) is 32.5 Å². The molecule has 17 heavy (non-hydrogen) atoms. The molecular weight excluding hydrogens is 231 g/mol. The third-order valence-electron chi connectivity index (χ3n) is 3.34. The fraction of sp³-hybridized carbons (Fsp3) is 1.00. The maximum absolute atomic E-state index is 12.6. The molecule has 0 radical (unpaired) electrons. The average molecular weight is 253 g/mol. The van der Waals surface area contributed by atoms with Crippen LogP contribution in [0, 0.1) is 11.8 Å². The largest absolute Gasteiger partial charge is 0.391 e. The van der Waals surface area contributed by atoms with Crippen molar-refractivity contribution in [2.45, 2.75) is 44.8 Å². The van der Waals surface area contributed by atoms with Gasteiger partial charge in [0.05, 0.1) is 5.92 Å². The number of methoxy groups -OCH3 is 1. The number of hydrogen-bond acceptors (Lipinski definition) is 2. The van der Waals surface area contributed by atoms with Gasteiger partial charge in [-0.1, -0.05) is 13.3 Å². The maximum Gasteiger partial charge on any atom is 0.391 e. The Hall–Kier alpha value is -0.290. The molecule has 102 valence electrons. The Kier molecular flexibility index (Phi) is 5.73. The van der Waals surface area contributed by atoms with Gasteiger partial charge in [-0.15, -0.1) is 0 Å². The second-order valence-corrected chi connectivity index (χ2v) is 5.07. The van der Waals surface area contributed by atoms with Crippen molar-refractivity contribution in [2.75, 3.05) is 20.3 Å². The Labute approximate surface area is 101 Å².